The van der Waals surface area contributed by atoms with E-state index in [9.17, 15) is 18.0 Å². The number of rotatable bonds is 6. The predicted octanol–water partition coefficient (Wildman–Crippen LogP) is 2.96. The Morgan fingerprint density at radius 3 is 2.62 bits per heavy atom. The molecule has 0 spiro atoms. The number of methoxy groups -OCH3 is 1. The third-order valence-electron chi connectivity index (χ3n) is 2.32. The van der Waals surface area contributed by atoms with E-state index in [0.29, 0.717) is 13.2 Å². The smallest absolute Gasteiger partial charge is 0.383 e. The SMILES string of the molecule is COCCNCC(=O)Nc1ccc(Cl)c(C(F)(F)F)c1.Cl. The van der Waals surface area contributed by atoms with E-state index in [1.165, 1.54) is 13.2 Å². The highest BCUT2D eigenvalue weighted by Crippen LogP contribution is 2.36. The molecule has 0 aliphatic heterocycles. The summed E-state index contributed by atoms with van der Waals surface area (Å²) >= 11 is 5.48. The summed E-state index contributed by atoms with van der Waals surface area (Å²) in [7, 11) is 1.52. The molecule has 0 radical (unpaired) electrons. The lowest BCUT2D eigenvalue weighted by Crippen LogP contribution is -2.30. The number of halogens is 5. The molecule has 1 amide bonds. The Bertz CT molecular complexity index is 470. The summed E-state index contributed by atoms with van der Waals surface area (Å²) in [6, 6.07) is 3.21. The largest absolute Gasteiger partial charge is 0.417 e. The van der Waals surface area contributed by atoms with Crippen LogP contribution in [0, 0.1) is 0 Å². The Kier molecular flexibility index (Phi) is 8.65. The lowest BCUT2D eigenvalue weighted by atomic mass is 10.2. The number of benzene rings is 1. The third-order valence-corrected chi connectivity index (χ3v) is 2.65. The second kappa shape index (κ2) is 9.09. The van der Waals surface area contributed by atoms with Crippen LogP contribution in [-0.2, 0) is 15.7 Å². The normalized spacial score (nSPS) is 10.9. The van der Waals surface area contributed by atoms with Gasteiger partial charge in [-0.05, 0) is 18.2 Å². The number of ether oxygens (including phenoxy) is 1. The second-order valence-corrected chi connectivity index (χ2v) is 4.32. The van der Waals surface area contributed by atoms with Crippen LogP contribution in [0.3, 0.4) is 0 Å². The summed E-state index contributed by atoms with van der Waals surface area (Å²) in [5.74, 6) is -0.448. The topological polar surface area (TPSA) is 50.4 Å². The lowest BCUT2D eigenvalue weighted by Gasteiger charge is -2.12. The van der Waals surface area contributed by atoms with Gasteiger partial charge in [0.2, 0.25) is 5.91 Å². The number of hydrogen-bond donors (Lipinski definition) is 2. The number of nitrogens with one attached hydrogen (secondary N) is 2. The zero-order chi connectivity index (χ0) is 15.2. The molecule has 0 aliphatic carbocycles. The van der Waals surface area contributed by atoms with E-state index in [1.54, 1.807) is 0 Å². The Morgan fingerprint density at radius 2 is 2.05 bits per heavy atom. The fourth-order valence-corrected chi connectivity index (χ4v) is 1.63. The van der Waals surface area contributed by atoms with Crippen molar-refractivity contribution in [3.05, 3.63) is 28.8 Å². The van der Waals surface area contributed by atoms with Gasteiger partial charge in [-0.25, -0.2) is 0 Å². The maximum atomic E-state index is 12.6. The average Bonchev–Trinajstić information content (AvgIpc) is 2.36. The van der Waals surface area contributed by atoms with Gasteiger partial charge in [-0.3, -0.25) is 4.79 Å². The molecule has 0 unspecified atom stereocenters. The molecule has 4 nitrogen and oxygen atoms in total. The minimum Gasteiger partial charge on any atom is -0.383 e. The Morgan fingerprint density at radius 1 is 1.38 bits per heavy atom. The van der Waals surface area contributed by atoms with Gasteiger partial charge in [0, 0.05) is 19.3 Å². The van der Waals surface area contributed by atoms with Crippen LogP contribution in [0.2, 0.25) is 5.02 Å². The van der Waals surface area contributed by atoms with Crippen molar-refractivity contribution in [2.24, 2.45) is 0 Å². The highest BCUT2D eigenvalue weighted by atomic mass is 35.5. The van der Waals surface area contributed by atoms with Gasteiger partial charge in [0.15, 0.2) is 0 Å². The molecule has 0 aliphatic rings. The maximum Gasteiger partial charge on any atom is 0.417 e. The minimum absolute atomic E-state index is 0. The van der Waals surface area contributed by atoms with E-state index < -0.39 is 22.7 Å². The van der Waals surface area contributed by atoms with E-state index in [1.807, 2.05) is 0 Å². The second-order valence-electron chi connectivity index (χ2n) is 3.91. The molecule has 0 saturated heterocycles. The third kappa shape index (κ3) is 6.99. The molecule has 0 heterocycles. The van der Waals surface area contributed by atoms with Crippen molar-refractivity contribution < 1.29 is 22.7 Å². The minimum atomic E-state index is -4.56. The Balaban J connectivity index is 0.00000400. The van der Waals surface area contributed by atoms with E-state index >= 15 is 0 Å². The quantitative estimate of drug-likeness (QED) is 0.778. The van der Waals surface area contributed by atoms with Gasteiger partial charge >= 0.3 is 6.18 Å². The zero-order valence-electron chi connectivity index (χ0n) is 11.1. The lowest BCUT2D eigenvalue weighted by molar-refractivity contribution is -0.137. The summed E-state index contributed by atoms with van der Waals surface area (Å²) in [4.78, 5) is 11.5. The van der Waals surface area contributed by atoms with Crippen LogP contribution in [0.15, 0.2) is 18.2 Å². The summed E-state index contributed by atoms with van der Waals surface area (Å²) in [6.45, 7) is 0.887. The number of carbonyl (C=O) groups excluding carboxylic acids is 1. The van der Waals surface area contributed by atoms with Crippen LogP contribution < -0.4 is 10.6 Å². The maximum absolute atomic E-state index is 12.6. The summed E-state index contributed by atoms with van der Waals surface area (Å²) in [5, 5.41) is 4.73. The first-order chi connectivity index (χ1) is 9.34. The van der Waals surface area contributed by atoms with Crippen molar-refractivity contribution >= 4 is 35.6 Å². The van der Waals surface area contributed by atoms with Gasteiger partial charge in [0.1, 0.15) is 0 Å². The molecule has 0 atom stereocenters. The van der Waals surface area contributed by atoms with Crippen molar-refractivity contribution in [3.8, 4) is 0 Å². The van der Waals surface area contributed by atoms with Crippen LogP contribution in [0.4, 0.5) is 18.9 Å². The van der Waals surface area contributed by atoms with Crippen LogP contribution in [0.25, 0.3) is 0 Å². The van der Waals surface area contributed by atoms with Gasteiger partial charge in [-0.15, -0.1) is 12.4 Å². The van der Waals surface area contributed by atoms with Gasteiger partial charge in [-0.2, -0.15) is 13.2 Å². The standard InChI is InChI=1S/C12H14ClF3N2O2.ClH/c1-20-5-4-17-7-11(19)18-8-2-3-10(13)9(6-8)12(14,15)16;/h2-3,6,17H,4-5,7H2,1H3,(H,18,19);1H. The molecule has 0 bridgehead atoms. The first-order valence-electron chi connectivity index (χ1n) is 5.71. The molecule has 0 saturated carbocycles. The monoisotopic (exact) mass is 346 g/mol. The first kappa shape index (κ1) is 20.0. The summed E-state index contributed by atoms with van der Waals surface area (Å²) in [5.41, 5.74) is -0.940. The number of carbonyl (C=O) groups is 1. The van der Waals surface area contributed by atoms with E-state index in [-0.39, 0.29) is 24.6 Å². The van der Waals surface area contributed by atoms with Crippen molar-refractivity contribution in [1.82, 2.24) is 5.32 Å². The predicted molar refractivity (Wildman–Crippen MR) is 77.1 cm³/mol. The number of anilines is 1. The van der Waals surface area contributed by atoms with Crippen LogP contribution in [0.1, 0.15) is 5.56 Å². The highest BCUT2D eigenvalue weighted by Gasteiger charge is 2.33. The van der Waals surface area contributed by atoms with Gasteiger partial charge in [0.05, 0.1) is 23.7 Å². The van der Waals surface area contributed by atoms with Gasteiger partial charge < -0.3 is 15.4 Å². The van der Waals surface area contributed by atoms with Crippen molar-refractivity contribution in [3.63, 3.8) is 0 Å². The number of amides is 1. The molecule has 1 aromatic carbocycles. The van der Waals surface area contributed by atoms with Crippen molar-refractivity contribution in [1.29, 1.82) is 0 Å². The van der Waals surface area contributed by atoms with E-state index in [0.717, 1.165) is 12.1 Å². The van der Waals surface area contributed by atoms with Crippen LogP contribution >= 0.6 is 24.0 Å². The fourth-order valence-electron chi connectivity index (χ4n) is 1.40. The average molecular weight is 347 g/mol. The summed E-state index contributed by atoms with van der Waals surface area (Å²) in [6.07, 6.45) is -4.56. The molecule has 1 rings (SSSR count). The van der Waals surface area contributed by atoms with Crippen molar-refractivity contribution in [2.45, 2.75) is 6.18 Å². The van der Waals surface area contributed by atoms with E-state index in [4.69, 9.17) is 16.3 Å². The molecule has 120 valence electrons. The molecule has 0 fully saturated rings. The Hall–Kier alpha value is -1.02. The van der Waals surface area contributed by atoms with Gasteiger partial charge in [0.25, 0.3) is 0 Å². The molecular formula is C12H15Cl2F3N2O2. The Labute approximate surface area is 131 Å². The fraction of sp³-hybridized carbons (Fsp3) is 0.417. The van der Waals surface area contributed by atoms with Crippen LogP contribution in [-0.4, -0.2) is 32.7 Å². The molecular weight excluding hydrogens is 332 g/mol. The number of alkyl halides is 3. The van der Waals surface area contributed by atoms with E-state index in [2.05, 4.69) is 10.6 Å². The van der Waals surface area contributed by atoms with Crippen molar-refractivity contribution in [2.75, 3.05) is 32.1 Å². The summed E-state index contributed by atoms with van der Waals surface area (Å²) < 4.78 is 42.7. The zero-order valence-corrected chi connectivity index (χ0v) is 12.7. The number of hydrogen-bond acceptors (Lipinski definition) is 3. The molecule has 2 N–H and O–H groups in total. The molecule has 1 aromatic rings. The van der Waals surface area contributed by atoms with Crippen LogP contribution in [0.5, 0.6) is 0 Å². The first-order valence-corrected chi connectivity index (χ1v) is 6.08. The van der Waals surface area contributed by atoms with Gasteiger partial charge in [-0.1, -0.05) is 11.6 Å². The molecule has 0 aromatic heterocycles. The molecule has 9 heteroatoms. The molecule has 21 heavy (non-hydrogen) atoms. The highest BCUT2D eigenvalue weighted by molar-refractivity contribution is 6.31.